The van der Waals surface area contributed by atoms with Gasteiger partial charge in [-0.3, -0.25) is 9.69 Å². The predicted octanol–water partition coefficient (Wildman–Crippen LogP) is 2.86. The van der Waals surface area contributed by atoms with Gasteiger partial charge in [0.1, 0.15) is 0 Å². The van der Waals surface area contributed by atoms with E-state index in [1.54, 1.807) is 0 Å². The molecule has 1 heterocycles. The van der Waals surface area contributed by atoms with Crippen LogP contribution in [0.1, 0.15) is 28.4 Å². The molecule has 3 rings (SSSR count). The van der Waals surface area contributed by atoms with Crippen LogP contribution in [0.3, 0.4) is 0 Å². The van der Waals surface area contributed by atoms with Crippen molar-refractivity contribution >= 4 is 5.91 Å². The fraction of sp³-hybridized carbons (Fsp3) is 0.316. The molecule has 3 heteroatoms. The average molecular weight is 294 g/mol. The van der Waals surface area contributed by atoms with E-state index in [0.717, 1.165) is 25.1 Å². The first-order valence-electron chi connectivity index (χ1n) is 7.88. The zero-order valence-electron chi connectivity index (χ0n) is 13.0. The summed E-state index contributed by atoms with van der Waals surface area (Å²) in [5, 5.41) is 3.04. The second-order valence-electron chi connectivity index (χ2n) is 5.91. The van der Waals surface area contributed by atoms with Gasteiger partial charge in [-0.2, -0.15) is 0 Å². The molecule has 0 saturated carbocycles. The number of benzene rings is 2. The summed E-state index contributed by atoms with van der Waals surface area (Å²) in [6.07, 6.45) is 1.09. The van der Waals surface area contributed by atoms with E-state index in [4.69, 9.17) is 0 Å². The van der Waals surface area contributed by atoms with Crippen molar-refractivity contribution in [3.05, 3.63) is 71.3 Å². The van der Waals surface area contributed by atoms with Crippen molar-refractivity contribution < 1.29 is 4.79 Å². The van der Waals surface area contributed by atoms with Crippen LogP contribution in [0.25, 0.3) is 0 Å². The lowest BCUT2D eigenvalue weighted by atomic mass is 9.99. The van der Waals surface area contributed by atoms with Gasteiger partial charge in [0.25, 0.3) is 5.91 Å². The van der Waals surface area contributed by atoms with Gasteiger partial charge in [-0.1, -0.05) is 42.5 Å². The minimum absolute atomic E-state index is 0.00450. The maximum absolute atomic E-state index is 12.1. The zero-order valence-corrected chi connectivity index (χ0v) is 13.0. The lowest BCUT2D eigenvalue weighted by Crippen LogP contribution is -2.44. The lowest BCUT2D eigenvalue weighted by Gasteiger charge is -2.33. The third kappa shape index (κ3) is 3.37. The standard InChI is InChI=1S/C19H22N2O/c1-15(13-20-19(22)17-8-3-2-4-9-17)21-12-11-16-7-5-6-10-18(16)14-21/h2-10,15H,11-14H2,1H3,(H,20,22). The fourth-order valence-corrected chi connectivity index (χ4v) is 2.95. The Hall–Kier alpha value is -2.13. The van der Waals surface area contributed by atoms with E-state index in [9.17, 15) is 4.79 Å². The minimum Gasteiger partial charge on any atom is -0.350 e. The Bertz CT molecular complexity index is 639. The zero-order chi connectivity index (χ0) is 15.4. The van der Waals surface area contributed by atoms with Gasteiger partial charge in [0.15, 0.2) is 0 Å². The number of hydrogen-bond acceptors (Lipinski definition) is 2. The molecular formula is C19H22N2O. The van der Waals surface area contributed by atoms with Gasteiger partial charge in [-0.15, -0.1) is 0 Å². The molecule has 0 saturated heterocycles. The van der Waals surface area contributed by atoms with Gasteiger partial charge in [-0.05, 0) is 36.6 Å². The molecule has 0 bridgehead atoms. The number of amides is 1. The van der Waals surface area contributed by atoms with Crippen molar-refractivity contribution in [3.63, 3.8) is 0 Å². The summed E-state index contributed by atoms with van der Waals surface area (Å²) in [5.74, 6) is 0.00450. The molecule has 1 aliphatic rings. The maximum atomic E-state index is 12.1. The normalized spacial score (nSPS) is 15.9. The molecule has 0 spiro atoms. The monoisotopic (exact) mass is 294 g/mol. The van der Waals surface area contributed by atoms with Crippen molar-refractivity contribution in [3.8, 4) is 0 Å². The van der Waals surface area contributed by atoms with Crippen molar-refractivity contribution in [2.75, 3.05) is 13.1 Å². The Morgan fingerprint density at radius 3 is 2.55 bits per heavy atom. The van der Waals surface area contributed by atoms with Crippen LogP contribution in [0.5, 0.6) is 0 Å². The van der Waals surface area contributed by atoms with Crippen LogP contribution < -0.4 is 5.32 Å². The molecule has 1 unspecified atom stereocenters. The highest BCUT2D eigenvalue weighted by Crippen LogP contribution is 2.19. The highest BCUT2D eigenvalue weighted by Gasteiger charge is 2.20. The van der Waals surface area contributed by atoms with Crippen molar-refractivity contribution in [1.29, 1.82) is 0 Å². The highest BCUT2D eigenvalue weighted by molar-refractivity contribution is 5.94. The molecule has 0 aromatic heterocycles. The highest BCUT2D eigenvalue weighted by atomic mass is 16.1. The summed E-state index contributed by atoms with van der Waals surface area (Å²) < 4.78 is 0. The van der Waals surface area contributed by atoms with Gasteiger partial charge < -0.3 is 5.32 Å². The van der Waals surface area contributed by atoms with Crippen LogP contribution in [-0.4, -0.2) is 29.9 Å². The smallest absolute Gasteiger partial charge is 0.251 e. The van der Waals surface area contributed by atoms with Crippen LogP contribution in [0.15, 0.2) is 54.6 Å². The molecule has 0 fully saturated rings. The van der Waals surface area contributed by atoms with Crippen LogP contribution in [-0.2, 0) is 13.0 Å². The van der Waals surface area contributed by atoms with Crippen LogP contribution in [0, 0.1) is 0 Å². The van der Waals surface area contributed by atoms with E-state index in [1.165, 1.54) is 11.1 Å². The van der Waals surface area contributed by atoms with E-state index in [2.05, 4.69) is 41.4 Å². The van der Waals surface area contributed by atoms with E-state index >= 15 is 0 Å². The van der Waals surface area contributed by atoms with E-state index < -0.39 is 0 Å². The molecule has 2 aromatic rings. The maximum Gasteiger partial charge on any atom is 0.251 e. The summed E-state index contributed by atoms with van der Waals surface area (Å²) in [5.41, 5.74) is 3.59. The number of fused-ring (bicyclic) bond motifs is 1. The van der Waals surface area contributed by atoms with E-state index in [1.807, 2.05) is 30.3 Å². The predicted molar refractivity (Wildman–Crippen MR) is 88.8 cm³/mol. The second kappa shape index (κ2) is 6.75. The Morgan fingerprint density at radius 2 is 1.77 bits per heavy atom. The van der Waals surface area contributed by atoms with Gasteiger partial charge >= 0.3 is 0 Å². The van der Waals surface area contributed by atoms with Crippen LogP contribution >= 0.6 is 0 Å². The molecule has 2 aromatic carbocycles. The number of hydrogen-bond donors (Lipinski definition) is 1. The molecule has 0 radical (unpaired) electrons. The van der Waals surface area contributed by atoms with Crippen molar-refractivity contribution in [2.45, 2.75) is 25.9 Å². The number of carbonyl (C=O) groups is 1. The molecule has 1 amide bonds. The third-order valence-electron chi connectivity index (χ3n) is 4.38. The van der Waals surface area contributed by atoms with Crippen molar-refractivity contribution in [1.82, 2.24) is 10.2 Å². The van der Waals surface area contributed by atoms with Crippen molar-refractivity contribution in [2.24, 2.45) is 0 Å². The number of rotatable bonds is 4. The summed E-state index contributed by atoms with van der Waals surface area (Å²) in [6, 6.07) is 18.4. The number of nitrogens with zero attached hydrogens (tertiary/aromatic N) is 1. The molecule has 22 heavy (non-hydrogen) atoms. The molecule has 3 nitrogen and oxygen atoms in total. The molecular weight excluding hydrogens is 272 g/mol. The molecule has 114 valence electrons. The SMILES string of the molecule is CC(CNC(=O)c1ccccc1)N1CCc2ccccc2C1. The van der Waals surface area contributed by atoms with Gasteiger partial charge in [0, 0.05) is 31.2 Å². The first-order valence-corrected chi connectivity index (χ1v) is 7.88. The molecule has 1 N–H and O–H groups in total. The Balaban J connectivity index is 1.55. The third-order valence-corrected chi connectivity index (χ3v) is 4.38. The summed E-state index contributed by atoms with van der Waals surface area (Å²) in [6.45, 7) is 4.88. The summed E-state index contributed by atoms with van der Waals surface area (Å²) in [4.78, 5) is 14.5. The molecule has 0 aliphatic carbocycles. The number of carbonyl (C=O) groups excluding carboxylic acids is 1. The summed E-state index contributed by atoms with van der Waals surface area (Å²) >= 11 is 0. The second-order valence-corrected chi connectivity index (χ2v) is 5.91. The Morgan fingerprint density at radius 1 is 1.09 bits per heavy atom. The Kier molecular flexibility index (Phi) is 4.54. The van der Waals surface area contributed by atoms with Crippen LogP contribution in [0.2, 0.25) is 0 Å². The molecule has 1 aliphatic heterocycles. The van der Waals surface area contributed by atoms with E-state index in [0.29, 0.717) is 12.6 Å². The van der Waals surface area contributed by atoms with Gasteiger partial charge in [0.2, 0.25) is 0 Å². The fourth-order valence-electron chi connectivity index (χ4n) is 2.95. The minimum atomic E-state index is 0.00450. The number of nitrogens with one attached hydrogen (secondary N) is 1. The van der Waals surface area contributed by atoms with Crippen LogP contribution in [0.4, 0.5) is 0 Å². The van der Waals surface area contributed by atoms with Gasteiger partial charge in [0.05, 0.1) is 0 Å². The molecule has 1 atom stereocenters. The van der Waals surface area contributed by atoms with E-state index in [-0.39, 0.29) is 5.91 Å². The quantitative estimate of drug-likeness (QED) is 0.940. The van der Waals surface area contributed by atoms with Gasteiger partial charge in [-0.25, -0.2) is 0 Å². The largest absolute Gasteiger partial charge is 0.350 e. The topological polar surface area (TPSA) is 32.3 Å². The first kappa shape index (κ1) is 14.8. The lowest BCUT2D eigenvalue weighted by molar-refractivity contribution is 0.0932. The summed E-state index contributed by atoms with van der Waals surface area (Å²) in [7, 11) is 0. The average Bonchev–Trinajstić information content (AvgIpc) is 2.59. The Labute approximate surface area is 132 Å². The first-order chi connectivity index (χ1) is 10.7.